The lowest BCUT2D eigenvalue weighted by molar-refractivity contribution is 0.0423. The average Bonchev–Trinajstić information content (AvgIpc) is 3.09. The van der Waals surface area contributed by atoms with Crippen LogP contribution in [0.2, 0.25) is 0 Å². The quantitative estimate of drug-likeness (QED) is 0.865. The van der Waals surface area contributed by atoms with Gasteiger partial charge in [0.15, 0.2) is 0 Å². The molecule has 2 unspecified atom stereocenters. The van der Waals surface area contributed by atoms with Crippen LogP contribution >= 0.6 is 0 Å². The molecule has 1 saturated carbocycles. The average molecular weight is 282 g/mol. The summed E-state index contributed by atoms with van der Waals surface area (Å²) in [4.78, 5) is 14.5. The van der Waals surface area contributed by atoms with E-state index < -0.39 is 5.60 Å². The lowest BCUT2D eigenvalue weighted by atomic mass is 9.85. The molecule has 0 aromatic carbocycles. The van der Waals surface area contributed by atoms with E-state index >= 15 is 0 Å². The van der Waals surface area contributed by atoms with Gasteiger partial charge < -0.3 is 10.1 Å². The number of nitrogens with zero attached hydrogens (tertiary/aromatic N) is 1. The van der Waals surface area contributed by atoms with Crippen molar-refractivity contribution in [2.24, 2.45) is 11.8 Å². The highest BCUT2D eigenvalue weighted by molar-refractivity contribution is 5.68. The number of nitrogens with one attached hydrogen (secondary N) is 1. The van der Waals surface area contributed by atoms with E-state index in [1.807, 2.05) is 20.8 Å². The van der Waals surface area contributed by atoms with E-state index in [1.54, 1.807) is 0 Å². The number of carbonyl (C=O) groups excluding carboxylic acids is 1. The van der Waals surface area contributed by atoms with Gasteiger partial charge in [-0.2, -0.15) is 0 Å². The maximum absolute atomic E-state index is 11.9. The Kier molecular flexibility index (Phi) is 4.62. The molecule has 116 valence electrons. The molecule has 0 aromatic heterocycles. The Hall–Kier alpha value is -0.770. The zero-order valence-corrected chi connectivity index (χ0v) is 13.6. The molecule has 2 atom stereocenters. The Labute approximate surface area is 123 Å². The van der Waals surface area contributed by atoms with Gasteiger partial charge in [0.25, 0.3) is 0 Å². The van der Waals surface area contributed by atoms with Gasteiger partial charge in [-0.15, -0.1) is 0 Å². The highest BCUT2D eigenvalue weighted by Crippen LogP contribution is 2.33. The molecule has 1 aliphatic heterocycles. The number of hydrogen-bond acceptors (Lipinski definition) is 3. The van der Waals surface area contributed by atoms with Gasteiger partial charge in [0, 0.05) is 25.2 Å². The van der Waals surface area contributed by atoms with Crippen molar-refractivity contribution in [3.63, 3.8) is 0 Å². The number of hydrogen-bond donors (Lipinski definition) is 1. The Morgan fingerprint density at radius 3 is 2.40 bits per heavy atom. The van der Waals surface area contributed by atoms with E-state index in [1.165, 1.54) is 19.4 Å². The largest absolute Gasteiger partial charge is 0.444 e. The molecule has 2 rings (SSSR count). The van der Waals surface area contributed by atoms with Crippen LogP contribution in [0.3, 0.4) is 0 Å². The van der Waals surface area contributed by atoms with E-state index in [0.29, 0.717) is 11.8 Å². The first kappa shape index (κ1) is 15.6. The predicted octanol–water partition coefficient (Wildman–Crippen LogP) is 3.02. The topological polar surface area (TPSA) is 41.6 Å². The molecule has 20 heavy (non-hydrogen) atoms. The smallest absolute Gasteiger partial charge is 0.407 e. The van der Waals surface area contributed by atoms with Gasteiger partial charge in [0.2, 0.25) is 0 Å². The number of likely N-dealkylation sites (tertiary alicyclic amines) is 1. The lowest BCUT2D eigenvalue weighted by Gasteiger charge is -2.40. The molecule has 1 amide bonds. The van der Waals surface area contributed by atoms with Crippen LogP contribution in [0.15, 0.2) is 0 Å². The second-order valence-corrected chi connectivity index (χ2v) is 7.77. The lowest BCUT2D eigenvalue weighted by Crippen LogP contribution is -2.53. The van der Waals surface area contributed by atoms with Crippen LogP contribution in [0.5, 0.6) is 0 Å². The fourth-order valence-electron chi connectivity index (χ4n) is 2.97. The minimum absolute atomic E-state index is 0.228. The Bertz CT molecular complexity index is 335. The summed E-state index contributed by atoms with van der Waals surface area (Å²) in [6.45, 7) is 12.4. The highest BCUT2D eigenvalue weighted by atomic mass is 16.6. The molecular formula is C16H30N2O2. The van der Waals surface area contributed by atoms with Gasteiger partial charge in [-0.25, -0.2) is 4.79 Å². The second-order valence-electron chi connectivity index (χ2n) is 7.77. The molecule has 0 radical (unpaired) electrons. The molecule has 0 bridgehead atoms. The third kappa shape index (κ3) is 4.65. The minimum atomic E-state index is -0.424. The van der Waals surface area contributed by atoms with Crippen molar-refractivity contribution in [1.82, 2.24) is 10.2 Å². The van der Waals surface area contributed by atoms with Crippen LogP contribution in [0.4, 0.5) is 4.79 Å². The van der Waals surface area contributed by atoms with Crippen LogP contribution in [-0.2, 0) is 4.74 Å². The van der Waals surface area contributed by atoms with Gasteiger partial charge in [-0.1, -0.05) is 13.8 Å². The molecule has 1 heterocycles. The Balaban J connectivity index is 1.90. The van der Waals surface area contributed by atoms with Crippen LogP contribution in [0.1, 0.15) is 53.9 Å². The van der Waals surface area contributed by atoms with Crippen molar-refractivity contribution in [2.45, 2.75) is 71.6 Å². The van der Waals surface area contributed by atoms with E-state index in [9.17, 15) is 4.79 Å². The number of ether oxygens (including phenoxy) is 1. The van der Waals surface area contributed by atoms with Crippen LogP contribution in [0.25, 0.3) is 0 Å². The van der Waals surface area contributed by atoms with Crippen molar-refractivity contribution >= 4 is 6.09 Å². The number of amides is 1. The SMILES string of the molecule is CC(C)C1CC(NC(=O)OC(C)(C)C)CN(C2CC2)C1. The first-order valence-corrected chi connectivity index (χ1v) is 7.98. The molecule has 0 aromatic rings. The van der Waals surface area contributed by atoms with Crippen molar-refractivity contribution in [3.05, 3.63) is 0 Å². The summed E-state index contributed by atoms with van der Waals surface area (Å²) in [7, 11) is 0. The molecule has 1 aliphatic carbocycles. The van der Waals surface area contributed by atoms with Crippen molar-refractivity contribution in [1.29, 1.82) is 0 Å². The monoisotopic (exact) mass is 282 g/mol. The van der Waals surface area contributed by atoms with Crippen LogP contribution < -0.4 is 5.32 Å². The maximum atomic E-state index is 11.9. The molecule has 4 heteroatoms. The molecule has 2 fully saturated rings. The molecule has 4 nitrogen and oxygen atoms in total. The molecule has 2 aliphatic rings. The number of carbonyl (C=O) groups is 1. The number of piperidine rings is 1. The number of rotatable bonds is 3. The fraction of sp³-hybridized carbons (Fsp3) is 0.938. The summed E-state index contributed by atoms with van der Waals surface area (Å²) < 4.78 is 5.38. The molecular weight excluding hydrogens is 252 g/mol. The van der Waals surface area contributed by atoms with Crippen LogP contribution in [0, 0.1) is 11.8 Å². The normalized spacial score (nSPS) is 28.5. The zero-order valence-electron chi connectivity index (χ0n) is 13.6. The van der Waals surface area contributed by atoms with E-state index in [-0.39, 0.29) is 12.1 Å². The predicted molar refractivity (Wildman–Crippen MR) is 80.7 cm³/mol. The summed E-state index contributed by atoms with van der Waals surface area (Å²) in [6.07, 6.45) is 3.44. The summed E-state index contributed by atoms with van der Waals surface area (Å²) in [5, 5.41) is 3.07. The van der Waals surface area contributed by atoms with Gasteiger partial charge in [0.1, 0.15) is 5.60 Å². The van der Waals surface area contributed by atoms with Gasteiger partial charge >= 0.3 is 6.09 Å². The number of alkyl carbamates (subject to hydrolysis) is 1. The van der Waals surface area contributed by atoms with Gasteiger partial charge in [0.05, 0.1) is 0 Å². The summed E-state index contributed by atoms with van der Waals surface area (Å²) in [6, 6.07) is 0.992. The maximum Gasteiger partial charge on any atom is 0.407 e. The van der Waals surface area contributed by atoms with E-state index in [4.69, 9.17) is 4.74 Å². The third-order valence-electron chi connectivity index (χ3n) is 4.24. The summed E-state index contributed by atoms with van der Waals surface area (Å²) in [5.41, 5.74) is -0.424. The van der Waals surface area contributed by atoms with Gasteiger partial charge in [-0.3, -0.25) is 4.90 Å². The molecule has 0 spiro atoms. The van der Waals surface area contributed by atoms with Crippen LogP contribution in [-0.4, -0.2) is 41.8 Å². The summed E-state index contributed by atoms with van der Waals surface area (Å²) >= 11 is 0. The van der Waals surface area contributed by atoms with Gasteiger partial charge in [-0.05, 0) is 51.9 Å². The molecule has 1 N–H and O–H groups in total. The van der Waals surface area contributed by atoms with E-state index in [2.05, 4.69) is 24.1 Å². The minimum Gasteiger partial charge on any atom is -0.444 e. The first-order chi connectivity index (χ1) is 9.24. The van der Waals surface area contributed by atoms with Crippen molar-refractivity contribution in [2.75, 3.05) is 13.1 Å². The zero-order chi connectivity index (χ0) is 14.9. The third-order valence-corrected chi connectivity index (χ3v) is 4.24. The molecule has 1 saturated heterocycles. The van der Waals surface area contributed by atoms with E-state index in [0.717, 1.165) is 19.0 Å². The summed E-state index contributed by atoms with van der Waals surface area (Å²) in [5.74, 6) is 1.34. The Morgan fingerprint density at radius 1 is 1.25 bits per heavy atom. The highest BCUT2D eigenvalue weighted by Gasteiger charge is 2.37. The van der Waals surface area contributed by atoms with Crippen molar-refractivity contribution in [3.8, 4) is 0 Å². The van der Waals surface area contributed by atoms with Crippen molar-refractivity contribution < 1.29 is 9.53 Å². The Morgan fingerprint density at radius 2 is 1.90 bits per heavy atom. The fourth-order valence-corrected chi connectivity index (χ4v) is 2.97. The second kappa shape index (κ2) is 5.92. The standard InChI is InChI=1S/C16H30N2O2/c1-11(2)12-8-13(10-18(9-12)14-6-7-14)17-15(19)20-16(3,4)5/h11-14H,6-10H2,1-5H3,(H,17,19). The first-order valence-electron chi connectivity index (χ1n) is 7.98.